The first-order valence-electron chi connectivity index (χ1n) is 17.2. The molecule has 0 bridgehead atoms. The van der Waals surface area contributed by atoms with Crippen LogP contribution in [-0.2, 0) is 27.7 Å². The second-order valence-electron chi connectivity index (χ2n) is 14.6. The van der Waals surface area contributed by atoms with Gasteiger partial charge in [-0.15, -0.1) is 0 Å². The summed E-state index contributed by atoms with van der Waals surface area (Å²) in [5, 5.41) is 10.3. The van der Waals surface area contributed by atoms with Crippen LogP contribution < -0.4 is 4.74 Å². The molecule has 0 spiro atoms. The molecular weight excluding hydrogens is 773 g/mol. The Morgan fingerprint density at radius 3 is 2.29 bits per heavy atom. The minimum Gasteiger partial charge on any atom is -0.495 e. The van der Waals surface area contributed by atoms with E-state index in [0.717, 1.165) is 33.8 Å². The van der Waals surface area contributed by atoms with E-state index in [-0.39, 0.29) is 30.0 Å². The fourth-order valence-electron chi connectivity index (χ4n) is 6.08. The first-order valence-corrected chi connectivity index (χ1v) is 20.0. The van der Waals surface area contributed by atoms with Crippen LogP contribution in [0, 0.1) is 17.5 Å². The zero-order valence-electron chi connectivity index (χ0n) is 31.3. The summed E-state index contributed by atoms with van der Waals surface area (Å²) >= 11 is 7.33. The number of ether oxygens (including phenoxy) is 1. The first-order chi connectivity index (χ1) is 25.8. The summed E-state index contributed by atoms with van der Waals surface area (Å²) in [6.07, 6.45) is 2.08. The van der Waals surface area contributed by atoms with Gasteiger partial charge in [0.05, 0.1) is 62.2 Å². The molecular formula is C40H43ClF3N4O5S2+. The molecule has 1 aromatic heterocycles. The number of hydrogen-bond acceptors (Lipinski definition) is 6. The highest BCUT2D eigenvalue weighted by molar-refractivity contribution is 7.98. The van der Waals surface area contributed by atoms with Crippen LogP contribution in [0.15, 0.2) is 95.1 Å². The Kier molecular flexibility index (Phi) is 12.8. The average molecular weight is 816 g/mol. The van der Waals surface area contributed by atoms with E-state index in [4.69, 9.17) is 16.3 Å². The van der Waals surface area contributed by atoms with Crippen LogP contribution in [0.3, 0.4) is 0 Å². The lowest BCUT2D eigenvalue weighted by Gasteiger charge is -2.28. The van der Waals surface area contributed by atoms with Gasteiger partial charge in [0, 0.05) is 41.9 Å². The number of carboxylic acids is 1. The van der Waals surface area contributed by atoms with E-state index in [0.29, 0.717) is 50.3 Å². The summed E-state index contributed by atoms with van der Waals surface area (Å²) in [5.74, 6) is -3.49. The fraction of sp³-hybridized carbons (Fsp3) is 0.300. The molecule has 0 unspecified atom stereocenters. The van der Waals surface area contributed by atoms with Gasteiger partial charge < -0.3 is 14.3 Å². The number of aromatic carboxylic acids is 1. The number of halogens is 4. The number of quaternary nitrogens is 1. The van der Waals surface area contributed by atoms with Gasteiger partial charge in [0.15, 0.2) is 5.16 Å². The monoisotopic (exact) mass is 815 g/mol. The number of aromatic nitrogens is 2. The number of carbonyl (C=O) groups is 1. The molecule has 0 aliphatic heterocycles. The number of imidazole rings is 1. The smallest absolute Gasteiger partial charge is 0.335 e. The van der Waals surface area contributed by atoms with Crippen LogP contribution >= 0.6 is 23.4 Å². The molecule has 1 heterocycles. The van der Waals surface area contributed by atoms with E-state index in [9.17, 15) is 22.7 Å². The third kappa shape index (κ3) is 9.73. The van der Waals surface area contributed by atoms with Crippen LogP contribution in [0.25, 0.3) is 5.69 Å². The summed E-state index contributed by atoms with van der Waals surface area (Å²) < 4.78 is 82.7. The Morgan fingerprint density at radius 1 is 1.00 bits per heavy atom. The summed E-state index contributed by atoms with van der Waals surface area (Å²) in [5.41, 5.74) is 1.42. The van der Waals surface area contributed by atoms with Gasteiger partial charge in [-0.3, -0.25) is 4.57 Å². The van der Waals surface area contributed by atoms with E-state index >= 15 is 8.78 Å². The average Bonchev–Trinajstić information content (AvgIpc) is 3.55. The third-order valence-corrected chi connectivity index (χ3v) is 12.3. The van der Waals surface area contributed by atoms with Gasteiger partial charge in [-0.1, -0.05) is 55.4 Å². The molecule has 0 aliphatic carbocycles. The highest BCUT2D eigenvalue weighted by atomic mass is 35.5. The van der Waals surface area contributed by atoms with E-state index in [2.05, 4.69) is 4.98 Å². The lowest BCUT2D eigenvalue weighted by atomic mass is 9.81. The highest BCUT2D eigenvalue weighted by Gasteiger charge is 2.32. The normalized spacial score (nSPS) is 12.3. The maximum absolute atomic E-state index is 15.9. The van der Waals surface area contributed by atoms with Crippen molar-refractivity contribution >= 4 is 39.4 Å². The summed E-state index contributed by atoms with van der Waals surface area (Å²) in [7, 11) is 2.95. The maximum Gasteiger partial charge on any atom is 0.335 e. The van der Waals surface area contributed by atoms with Gasteiger partial charge in [-0.25, -0.2) is 31.4 Å². The molecule has 5 rings (SSSR count). The predicted molar refractivity (Wildman–Crippen MR) is 208 cm³/mol. The summed E-state index contributed by atoms with van der Waals surface area (Å²) in [4.78, 5) is 15.6. The molecule has 1 N–H and O–H groups in total. The molecule has 0 atom stereocenters. The van der Waals surface area contributed by atoms with E-state index in [1.54, 1.807) is 35.0 Å². The molecule has 0 fully saturated rings. The molecule has 9 nitrogen and oxygen atoms in total. The lowest BCUT2D eigenvalue weighted by molar-refractivity contribution is -0.870. The second-order valence-corrected chi connectivity index (χ2v) is 17.9. The molecule has 0 saturated carbocycles. The molecule has 0 saturated heterocycles. The van der Waals surface area contributed by atoms with Crippen molar-refractivity contribution < 1.29 is 40.7 Å². The number of methoxy groups -OCH3 is 1. The van der Waals surface area contributed by atoms with Gasteiger partial charge in [0.25, 0.3) is 0 Å². The predicted octanol–water partition coefficient (Wildman–Crippen LogP) is 8.56. The molecule has 55 heavy (non-hydrogen) atoms. The highest BCUT2D eigenvalue weighted by Crippen LogP contribution is 2.39. The molecule has 0 radical (unpaired) electrons. The van der Waals surface area contributed by atoms with Crippen molar-refractivity contribution in [1.82, 2.24) is 13.9 Å². The Morgan fingerprint density at radius 2 is 1.67 bits per heavy atom. The Labute approximate surface area is 329 Å². The van der Waals surface area contributed by atoms with Crippen LogP contribution in [0.5, 0.6) is 5.75 Å². The summed E-state index contributed by atoms with van der Waals surface area (Å²) in [6, 6.07) is 18.7. The van der Waals surface area contributed by atoms with Gasteiger partial charge in [0.2, 0.25) is 10.0 Å². The standard InChI is InChI=1S/C40H42ClF3N4O5S2/c1-40(2,28-11-16-33(41)36(20-28)53-6)37-23-45-39(47(37)30-14-12-29(42)13-15-30)54-25-32-34(43)21-31(22-35(32)44)55(51,52)46(17-8-18-48(3,4)5)24-26-9-7-10-27(19-26)38(49)50/h7,9-16,19-23H,8,17-18,24-25H2,1-6H3/p+1. The van der Waals surface area contributed by atoms with Crippen molar-refractivity contribution in [1.29, 1.82) is 0 Å². The van der Waals surface area contributed by atoms with Gasteiger partial charge in [0.1, 0.15) is 23.2 Å². The minimum absolute atomic E-state index is 0.0129. The molecule has 15 heteroatoms. The molecule has 4 aromatic carbocycles. The zero-order valence-corrected chi connectivity index (χ0v) is 33.7. The summed E-state index contributed by atoms with van der Waals surface area (Å²) in [6.45, 7) is 4.38. The van der Waals surface area contributed by atoms with Crippen molar-refractivity contribution in [2.75, 3.05) is 41.3 Å². The Balaban J connectivity index is 1.47. The van der Waals surface area contributed by atoms with Crippen molar-refractivity contribution in [3.63, 3.8) is 0 Å². The first kappa shape index (κ1) is 41.8. The van der Waals surface area contributed by atoms with Gasteiger partial charge in [-0.2, -0.15) is 4.31 Å². The number of nitrogens with zero attached hydrogens (tertiary/aromatic N) is 4. The van der Waals surface area contributed by atoms with Crippen LogP contribution in [0.4, 0.5) is 13.2 Å². The number of sulfonamides is 1. The molecule has 0 aliphatic rings. The number of hydrogen-bond donors (Lipinski definition) is 1. The van der Waals surface area contributed by atoms with Gasteiger partial charge >= 0.3 is 5.97 Å². The molecule has 292 valence electrons. The van der Waals surface area contributed by atoms with Crippen molar-refractivity contribution in [3.8, 4) is 11.4 Å². The van der Waals surface area contributed by atoms with Crippen molar-refractivity contribution in [3.05, 3.63) is 135 Å². The number of rotatable bonds is 16. The topological polar surface area (TPSA) is 102 Å². The quantitative estimate of drug-likeness (QED) is 0.0787. The van der Waals surface area contributed by atoms with Crippen molar-refractivity contribution in [2.24, 2.45) is 0 Å². The number of benzene rings is 4. The van der Waals surface area contributed by atoms with Crippen LogP contribution in [-0.4, -0.2) is 79.2 Å². The Hall–Kier alpha value is -4.34. The minimum atomic E-state index is -4.44. The number of thioether (sulfide) groups is 1. The largest absolute Gasteiger partial charge is 0.495 e. The van der Waals surface area contributed by atoms with E-state index in [1.165, 1.54) is 37.4 Å². The van der Waals surface area contributed by atoms with E-state index < -0.39 is 43.8 Å². The Bertz CT molecular complexity index is 2270. The second kappa shape index (κ2) is 16.8. The maximum atomic E-state index is 15.9. The zero-order chi connectivity index (χ0) is 40.3. The third-order valence-electron chi connectivity index (χ3n) is 9.19. The van der Waals surface area contributed by atoms with Gasteiger partial charge in [-0.05, 0) is 71.8 Å². The van der Waals surface area contributed by atoms with E-state index in [1.807, 2.05) is 47.1 Å². The molecule has 0 amide bonds. The molecule has 5 aromatic rings. The number of carboxylic acid groups (broad SMARTS) is 1. The van der Waals surface area contributed by atoms with Crippen molar-refractivity contribution in [2.45, 2.75) is 48.0 Å². The van der Waals surface area contributed by atoms with Crippen LogP contribution in [0.1, 0.15) is 53.0 Å². The lowest BCUT2D eigenvalue weighted by Crippen LogP contribution is -2.38. The van der Waals surface area contributed by atoms with Crippen LogP contribution in [0.2, 0.25) is 5.02 Å². The fourth-order valence-corrected chi connectivity index (χ4v) is 8.77. The SMILES string of the molecule is COc1cc(C(C)(C)c2cnc(SCc3c(F)cc(S(=O)(=O)N(CCC[N+](C)(C)C)Cc4cccc(C(=O)O)c4)cc3F)n2-c2ccc(F)cc2)ccc1Cl.